The van der Waals surface area contributed by atoms with Crippen molar-refractivity contribution >= 4 is 28.2 Å². The molecule has 0 atom stereocenters. The lowest BCUT2D eigenvalue weighted by molar-refractivity contribution is 0.301. The van der Waals surface area contributed by atoms with Crippen LogP contribution in [-0.4, -0.2) is 53.1 Å². The molecule has 1 aromatic heterocycles. The normalized spacial score (nSPS) is 14.7. The zero-order chi connectivity index (χ0) is 20.1. The van der Waals surface area contributed by atoms with E-state index in [-0.39, 0.29) is 5.56 Å². The van der Waals surface area contributed by atoms with E-state index in [0.717, 1.165) is 59.5 Å². The van der Waals surface area contributed by atoms with Crippen molar-refractivity contribution in [2.24, 2.45) is 0 Å². The van der Waals surface area contributed by atoms with E-state index in [4.69, 9.17) is 12.2 Å². The number of aromatic amines is 1. The van der Waals surface area contributed by atoms with Crippen molar-refractivity contribution in [2.45, 2.75) is 51.6 Å². The van der Waals surface area contributed by atoms with Gasteiger partial charge in [0.2, 0.25) is 0 Å². The molecule has 28 heavy (non-hydrogen) atoms. The first-order valence-corrected chi connectivity index (χ1v) is 10.7. The number of hydrogen-bond donors (Lipinski definition) is 2. The van der Waals surface area contributed by atoms with Gasteiger partial charge in [0.25, 0.3) is 5.56 Å². The molecule has 0 radical (unpaired) electrons. The number of nitrogens with zero attached hydrogens (tertiary/aromatic N) is 2. The minimum Gasteiger partial charge on any atom is -0.363 e. The third-order valence-corrected chi connectivity index (χ3v) is 5.97. The number of H-pyrrole nitrogens is 1. The Bertz CT molecular complexity index is 870. The zero-order valence-electron chi connectivity index (χ0n) is 17.3. The maximum Gasteiger partial charge on any atom is 0.253 e. The summed E-state index contributed by atoms with van der Waals surface area (Å²) in [7, 11) is 4.16. The van der Waals surface area contributed by atoms with Gasteiger partial charge in [-0.15, -0.1) is 0 Å². The third-order valence-electron chi connectivity index (χ3n) is 5.59. The van der Waals surface area contributed by atoms with Gasteiger partial charge in [-0.2, -0.15) is 0 Å². The number of para-hydroxylation sites is 1. The average molecular weight is 401 g/mol. The lowest BCUT2D eigenvalue weighted by atomic mass is 10.1. The molecule has 0 bridgehead atoms. The average Bonchev–Trinajstić information content (AvgIpc) is 3.18. The van der Waals surface area contributed by atoms with Crippen LogP contribution in [0.5, 0.6) is 0 Å². The van der Waals surface area contributed by atoms with Crippen LogP contribution in [0, 0.1) is 6.92 Å². The summed E-state index contributed by atoms with van der Waals surface area (Å²) in [5.74, 6) is 0. The van der Waals surface area contributed by atoms with Crippen molar-refractivity contribution in [3.63, 3.8) is 0 Å². The summed E-state index contributed by atoms with van der Waals surface area (Å²) >= 11 is 5.74. The largest absolute Gasteiger partial charge is 0.363 e. The Balaban J connectivity index is 1.77. The van der Waals surface area contributed by atoms with E-state index in [2.05, 4.69) is 40.3 Å². The van der Waals surface area contributed by atoms with E-state index < -0.39 is 0 Å². The van der Waals surface area contributed by atoms with Crippen LogP contribution in [0.2, 0.25) is 0 Å². The SMILES string of the molecule is Cc1cccc2cc(CN(C(=S)NCCCN(C)C)C3CCCC3)c(=O)[nH]c12. The van der Waals surface area contributed by atoms with Crippen LogP contribution in [0.25, 0.3) is 10.9 Å². The predicted octanol–water partition coefficient (Wildman–Crippen LogP) is 3.41. The Morgan fingerprint density at radius 3 is 2.75 bits per heavy atom. The van der Waals surface area contributed by atoms with Crippen LogP contribution in [0.15, 0.2) is 29.1 Å². The Labute approximate surface area is 173 Å². The van der Waals surface area contributed by atoms with Gasteiger partial charge in [-0.3, -0.25) is 4.79 Å². The number of fused-ring (bicyclic) bond motifs is 1. The summed E-state index contributed by atoms with van der Waals surface area (Å²) in [5, 5.41) is 5.27. The van der Waals surface area contributed by atoms with Gasteiger partial charge in [0.15, 0.2) is 5.11 Å². The van der Waals surface area contributed by atoms with Crippen LogP contribution < -0.4 is 10.9 Å². The number of benzene rings is 1. The molecule has 3 rings (SSSR count). The Kier molecular flexibility index (Phi) is 7.08. The molecule has 0 amide bonds. The van der Waals surface area contributed by atoms with E-state index in [1.165, 1.54) is 12.8 Å². The first kappa shape index (κ1) is 20.8. The number of thiocarbonyl (C=S) groups is 1. The number of nitrogens with one attached hydrogen (secondary N) is 2. The standard InChI is InChI=1S/C22H32N4OS/c1-16-8-6-9-17-14-18(21(27)24-20(16)17)15-26(19-10-4-5-11-19)22(28)23-12-7-13-25(2)3/h6,8-9,14,19H,4-5,7,10-13,15H2,1-3H3,(H,23,28)(H,24,27). The number of pyridine rings is 1. The maximum atomic E-state index is 12.7. The topological polar surface area (TPSA) is 51.4 Å². The Hall–Kier alpha value is -1.92. The van der Waals surface area contributed by atoms with Crippen molar-refractivity contribution in [3.05, 3.63) is 45.7 Å². The minimum absolute atomic E-state index is 0.0137. The summed E-state index contributed by atoms with van der Waals surface area (Å²) in [6.07, 6.45) is 5.80. The molecule has 1 aliphatic carbocycles. The monoisotopic (exact) mass is 400 g/mol. The Morgan fingerprint density at radius 2 is 2.04 bits per heavy atom. The molecule has 1 fully saturated rings. The van der Waals surface area contributed by atoms with Crippen LogP contribution in [0.4, 0.5) is 0 Å². The van der Waals surface area contributed by atoms with Crippen molar-refractivity contribution in [2.75, 3.05) is 27.2 Å². The molecular formula is C22H32N4OS. The molecule has 2 N–H and O–H groups in total. The summed E-state index contributed by atoms with van der Waals surface area (Å²) in [6.45, 7) is 4.47. The van der Waals surface area contributed by atoms with E-state index in [1.54, 1.807) is 0 Å². The fourth-order valence-corrected chi connectivity index (χ4v) is 4.32. The van der Waals surface area contributed by atoms with Crippen LogP contribution in [-0.2, 0) is 6.54 Å². The molecule has 0 spiro atoms. The van der Waals surface area contributed by atoms with Gasteiger partial charge in [-0.1, -0.05) is 31.0 Å². The number of aromatic nitrogens is 1. The minimum atomic E-state index is -0.0137. The van der Waals surface area contributed by atoms with Gasteiger partial charge in [0, 0.05) is 18.2 Å². The highest BCUT2D eigenvalue weighted by Crippen LogP contribution is 2.25. The van der Waals surface area contributed by atoms with E-state index >= 15 is 0 Å². The van der Waals surface area contributed by atoms with Gasteiger partial charge < -0.3 is 20.1 Å². The molecule has 1 saturated carbocycles. The highest BCUT2D eigenvalue weighted by molar-refractivity contribution is 7.80. The molecule has 1 heterocycles. The van der Waals surface area contributed by atoms with Crippen molar-refractivity contribution in [3.8, 4) is 0 Å². The molecule has 152 valence electrons. The lowest BCUT2D eigenvalue weighted by Crippen LogP contribution is -2.45. The molecule has 0 unspecified atom stereocenters. The van der Waals surface area contributed by atoms with Gasteiger partial charge in [-0.25, -0.2) is 0 Å². The summed E-state index contributed by atoms with van der Waals surface area (Å²) in [4.78, 5) is 20.2. The fourth-order valence-electron chi connectivity index (χ4n) is 4.00. The highest BCUT2D eigenvalue weighted by atomic mass is 32.1. The van der Waals surface area contributed by atoms with Crippen molar-refractivity contribution < 1.29 is 0 Å². The first-order valence-electron chi connectivity index (χ1n) is 10.3. The lowest BCUT2D eigenvalue weighted by Gasteiger charge is -2.31. The quantitative estimate of drug-likeness (QED) is 0.551. The predicted molar refractivity (Wildman–Crippen MR) is 121 cm³/mol. The molecule has 1 aromatic carbocycles. The second kappa shape index (κ2) is 9.52. The van der Waals surface area contributed by atoms with E-state index in [0.29, 0.717) is 12.6 Å². The fraction of sp³-hybridized carbons (Fsp3) is 0.545. The first-order chi connectivity index (χ1) is 13.5. The molecule has 1 aliphatic rings. The molecule has 2 aromatic rings. The van der Waals surface area contributed by atoms with Crippen LogP contribution in [0.1, 0.15) is 43.2 Å². The van der Waals surface area contributed by atoms with Crippen LogP contribution in [0.3, 0.4) is 0 Å². The zero-order valence-corrected chi connectivity index (χ0v) is 18.1. The molecular weight excluding hydrogens is 368 g/mol. The summed E-state index contributed by atoms with van der Waals surface area (Å²) in [6, 6.07) is 8.56. The molecule has 5 nitrogen and oxygen atoms in total. The summed E-state index contributed by atoms with van der Waals surface area (Å²) < 4.78 is 0. The van der Waals surface area contributed by atoms with Gasteiger partial charge >= 0.3 is 0 Å². The van der Waals surface area contributed by atoms with Gasteiger partial charge in [0.05, 0.1) is 12.1 Å². The number of aryl methyl sites for hydroxylation is 1. The molecule has 0 aliphatic heterocycles. The third kappa shape index (κ3) is 5.11. The highest BCUT2D eigenvalue weighted by Gasteiger charge is 2.25. The van der Waals surface area contributed by atoms with E-state index in [9.17, 15) is 4.79 Å². The van der Waals surface area contributed by atoms with Crippen LogP contribution >= 0.6 is 12.2 Å². The summed E-state index contributed by atoms with van der Waals surface area (Å²) in [5.41, 5.74) is 2.78. The van der Waals surface area contributed by atoms with E-state index in [1.807, 2.05) is 25.1 Å². The maximum absolute atomic E-state index is 12.7. The molecule has 6 heteroatoms. The van der Waals surface area contributed by atoms with Crippen molar-refractivity contribution in [1.29, 1.82) is 0 Å². The number of rotatable bonds is 7. The van der Waals surface area contributed by atoms with Gasteiger partial charge in [-0.05, 0) is 76.1 Å². The second-order valence-corrected chi connectivity index (χ2v) is 8.50. The second-order valence-electron chi connectivity index (χ2n) is 8.12. The molecule has 0 saturated heterocycles. The van der Waals surface area contributed by atoms with Crippen molar-refractivity contribution in [1.82, 2.24) is 20.1 Å². The smallest absolute Gasteiger partial charge is 0.253 e. The van der Waals surface area contributed by atoms with Gasteiger partial charge in [0.1, 0.15) is 0 Å². The number of hydrogen-bond acceptors (Lipinski definition) is 3. The Morgan fingerprint density at radius 1 is 1.29 bits per heavy atom.